The first kappa shape index (κ1) is 76.0. The van der Waals surface area contributed by atoms with Crippen LogP contribution in [-0.4, -0.2) is 199 Å². The molecule has 2 aromatic heterocycles. The molecule has 0 bridgehead atoms. The lowest BCUT2D eigenvalue weighted by atomic mass is 9.89. The third-order valence-electron chi connectivity index (χ3n) is 12.3. The Labute approximate surface area is 519 Å². The number of carbonyl (C=O) groups excluding carboxylic acids is 2. The lowest BCUT2D eigenvalue weighted by Crippen LogP contribution is -2.58. The molecule has 5 unspecified atom stereocenters. The van der Waals surface area contributed by atoms with E-state index in [4.69, 9.17) is 104 Å². The summed E-state index contributed by atoms with van der Waals surface area (Å²) in [5.41, 5.74) is 4.69. The molecule has 26 nitrogen and oxygen atoms in total. The molecule has 19 N–H and O–H groups in total. The van der Waals surface area contributed by atoms with Crippen molar-refractivity contribution in [2.75, 3.05) is 79.3 Å². The van der Waals surface area contributed by atoms with E-state index < -0.39 is 37.3 Å². The molecule has 5 aromatic carbocycles. The summed E-state index contributed by atoms with van der Waals surface area (Å²) in [5.74, 6) is 6.34. The highest BCUT2D eigenvalue weighted by atomic mass is 17.0. The number of allylic oxidation sites excluding steroid dienone is 1. The maximum Gasteiger partial charge on any atom is 0.361 e. The molecule has 90 heavy (non-hydrogen) atoms. The summed E-state index contributed by atoms with van der Waals surface area (Å²) in [6.07, 6.45) is -2.87. The summed E-state index contributed by atoms with van der Waals surface area (Å²) < 4.78 is 47.8. The largest absolute Gasteiger partial charge is 0.491 e. The van der Waals surface area contributed by atoms with Gasteiger partial charge in [-0.3, -0.25) is 10.1 Å². The Bertz CT molecular complexity index is 2990. The molecular formula is C64H83O26+3. The predicted molar refractivity (Wildman–Crippen MR) is 327 cm³/mol. The van der Waals surface area contributed by atoms with Crippen molar-refractivity contribution in [3.63, 3.8) is 0 Å². The quantitative estimate of drug-likeness (QED) is 0.0167. The van der Waals surface area contributed by atoms with Gasteiger partial charge in [0.15, 0.2) is 24.9 Å². The fraction of sp³-hybridized carbons (Fsp3) is 0.312. The Morgan fingerprint density at radius 1 is 0.489 bits per heavy atom. The van der Waals surface area contributed by atoms with Crippen molar-refractivity contribution in [1.29, 1.82) is 0 Å². The standard InChI is InChI=1S/C22H24O6.C22H23O6.C8H10O2.C6H12O6.C6H6O3.H2O2.H2O.H2/c2*23-11-13-26-18-5-1-16(2-6-18)22(21-10-9-20(15-25)28-21)17-3-7-19(8-4-17)27-14-12-24;9-6-7-10-8-4-2-1-3-5-8;7-1-2-3(8)4(9)5(10)6(11)12-2;7-3-5-1-2-6(4-8)9-5;1-2;;/h1-10,22-25H,11-15H2;1-10,23-25H,11-15H2;1-5,9H,6-7H2;2-11H,1H2;1-3,8H,4H2;1-2H;1H2;1H/q;+1;;;;;;/p+2/i;;;;;;;1+1. The second-order valence-corrected chi connectivity index (χ2v) is 18.4. The normalized spacial score (nSPS) is 16.0. The Kier molecular flexibility index (Phi) is 36.7. The van der Waals surface area contributed by atoms with E-state index in [2.05, 4.69) is 4.74 Å². The maximum absolute atomic E-state index is 9.96. The number of furan rings is 2. The van der Waals surface area contributed by atoms with Gasteiger partial charge in [0.25, 0.3) is 0 Å². The van der Waals surface area contributed by atoms with Gasteiger partial charge in [0.1, 0.15) is 117 Å². The number of ether oxygens (including phenoxy) is 6. The van der Waals surface area contributed by atoms with Crippen molar-refractivity contribution in [2.45, 2.75) is 49.8 Å². The molecule has 9 rings (SSSR count). The number of aliphatic hydroxyl groups is 13. The van der Waals surface area contributed by atoms with Gasteiger partial charge in [-0.05, 0) is 107 Å². The van der Waals surface area contributed by atoms with Crippen molar-refractivity contribution >= 4 is 17.6 Å². The van der Waals surface area contributed by atoms with Crippen LogP contribution in [0.1, 0.15) is 57.4 Å². The van der Waals surface area contributed by atoms with E-state index in [-0.39, 0.29) is 97.9 Å². The van der Waals surface area contributed by atoms with Gasteiger partial charge in [0, 0.05) is 1.43 Å². The van der Waals surface area contributed by atoms with Gasteiger partial charge < -0.3 is 109 Å². The molecule has 0 amide bonds. The fourth-order valence-corrected chi connectivity index (χ4v) is 8.11. The maximum atomic E-state index is 9.96. The van der Waals surface area contributed by atoms with E-state index in [1.165, 1.54) is 6.07 Å². The number of rotatable bonds is 25. The Balaban J connectivity index is 0.000000414. The lowest BCUT2D eigenvalue weighted by molar-refractivity contribution is -0.387. The van der Waals surface area contributed by atoms with Crippen LogP contribution >= 0.6 is 0 Å². The molecule has 0 aliphatic carbocycles. The number of carbonyl (C=O) groups is 1. The molecule has 0 spiro atoms. The molecule has 1 fully saturated rings. The van der Waals surface area contributed by atoms with E-state index in [9.17, 15) is 15.0 Å². The van der Waals surface area contributed by atoms with Gasteiger partial charge in [-0.1, -0.05) is 66.7 Å². The van der Waals surface area contributed by atoms with Gasteiger partial charge in [-0.25, -0.2) is 4.42 Å². The van der Waals surface area contributed by atoms with Crippen LogP contribution in [0.15, 0.2) is 178 Å². The Hall–Kier alpha value is -8.20. The minimum absolute atomic E-state index is 0. The first-order valence-electron chi connectivity index (χ1n) is 27.6. The Morgan fingerprint density at radius 3 is 1.26 bits per heavy atom. The van der Waals surface area contributed by atoms with E-state index >= 15 is 0 Å². The van der Waals surface area contributed by atoms with E-state index in [1.54, 1.807) is 18.2 Å². The van der Waals surface area contributed by atoms with Gasteiger partial charge >= 0.3 is 11.5 Å². The van der Waals surface area contributed by atoms with Gasteiger partial charge in [0.05, 0.1) is 63.3 Å². The molecule has 492 valence electrons. The zero-order valence-corrected chi connectivity index (χ0v) is 49.0. The third kappa shape index (κ3) is 25.0. The van der Waals surface area contributed by atoms with Gasteiger partial charge in [-0.2, -0.15) is 0 Å². The average molecular weight is 1270 g/mol. The number of ketones is 1. The molecule has 7 aromatic rings. The number of aldehydes is 1. The molecule has 26 heteroatoms. The molecule has 2 aliphatic rings. The van der Waals surface area contributed by atoms with Crippen LogP contribution in [0, 0.1) is 0 Å². The highest BCUT2D eigenvalue weighted by molar-refractivity contribution is 5.95. The first-order valence-corrected chi connectivity index (χ1v) is 27.6. The summed E-state index contributed by atoms with van der Waals surface area (Å²) in [4.78, 5) is 9.96. The molecule has 0 radical (unpaired) electrons. The minimum Gasteiger partial charge on any atom is -0.491 e. The van der Waals surface area contributed by atoms with Crippen LogP contribution in [0.4, 0.5) is 0 Å². The van der Waals surface area contributed by atoms with Crippen molar-refractivity contribution < 1.29 is 130 Å². The Morgan fingerprint density at radius 2 is 0.900 bits per heavy atom. The molecule has 5 atom stereocenters. The highest BCUT2D eigenvalue weighted by Crippen LogP contribution is 2.36. The number of aliphatic hydroxyl groups excluding tert-OH is 13. The lowest BCUT2D eigenvalue weighted by Gasteiger charge is -2.37. The zero-order chi connectivity index (χ0) is 64.8. The number of para-hydroxylation sites is 1. The van der Waals surface area contributed by atoms with Crippen molar-refractivity contribution in [3.8, 4) is 28.7 Å². The summed E-state index contributed by atoms with van der Waals surface area (Å²) in [5, 5.41) is 127. The van der Waals surface area contributed by atoms with Crippen LogP contribution in [0.25, 0.3) is 5.57 Å². The van der Waals surface area contributed by atoms with E-state index in [0.29, 0.717) is 59.0 Å². The van der Waals surface area contributed by atoms with Crippen LogP contribution < -0.4 is 23.7 Å². The predicted octanol–water partition coefficient (Wildman–Crippen LogP) is 1.48. The number of hydrogen-bond acceptors (Lipinski definition) is 23. The zero-order valence-electron chi connectivity index (χ0n) is 49.0. The molecule has 0 saturated carbocycles. The van der Waals surface area contributed by atoms with Crippen LogP contribution in [0.3, 0.4) is 0 Å². The second-order valence-electron chi connectivity index (χ2n) is 18.4. The SMILES string of the molecule is O=Cc1ccc(CO)o1.OCC1OC(O)C(O)C(O)C1O.OCCOc1ccc(C(=C2C=CC(CO)=[O+]2)c2ccc(OCCO)cc2)cc1.OCCOc1ccc(C(c2ccc(OCCO)cc2)c2ccc(CO)o2)cc1.OCCOc1ccccc1.O[OH2+].[2HH].[OH3+]. The first-order chi connectivity index (χ1) is 43.4. The summed E-state index contributed by atoms with van der Waals surface area (Å²) in [6.45, 7) is 0.231. The van der Waals surface area contributed by atoms with E-state index in [1.807, 2.05) is 140 Å². The van der Waals surface area contributed by atoms with Crippen LogP contribution in [-0.2, 0) is 27.9 Å². The summed E-state index contributed by atoms with van der Waals surface area (Å²) >= 11 is 0. The van der Waals surface area contributed by atoms with Crippen molar-refractivity contribution in [2.24, 2.45) is 0 Å². The highest BCUT2D eigenvalue weighted by Gasteiger charge is 2.42. The smallest absolute Gasteiger partial charge is 0.361 e. The van der Waals surface area contributed by atoms with Crippen molar-refractivity contribution in [3.05, 3.63) is 215 Å². The topological polar surface area (TPSA) is 449 Å². The summed E-state index contributed by atoms with van der Waals surface area (Å²) in [7, 11) is 0. The number of benzene rings is 5. The number of hydrogen-bond donors (Lipinski definition) is 14. The van der Waals surface area contributed by atoms with Crippen molar-refractivity contribution in [1.82, 2.24) is 0 Å². The third-order valence-corrected chi connectivity index (χ3v) is 12.3. The van der Waals surface area contributed by atoms with E-state index in [0.717, 1.165) is 39.3 Å². The summed E-state index contributed by atoms with van der Waals surface area (Å²) in [6, 6.07) is 46.3. The molecule has 1 saturated heterocycles. The second kappa shape index (κ2) is 43.5. The molecule has 4 heterocycles. The average Bonchev–Trinajstić information content (AvgIpc) is 1.89. The fourth-order valence-electron chi connectivity index (χ4n) is 8.11. The monoisotopic (exact) mass is 1270 g/mol. The molecular weight excluding hydrogens is 1180 g/mol. The minimum atomic E-state index is -1.57. The van der Waals surface area contributed by atoms with Crippen LogP contribution in [0.5, 0.6) is 28.7 Å². The van der Waals surface area contributed by atoms with Gasteiger partial charge in [-0.15, -0.1) is 5.26 Å². The molecule has 2 aliphatic heterocycles. The van der Waals surface area contributed by atoms with Crippen LogP contribution in [0.2, 0.25) is 0 Å². The van der Waals surface area contributed by atoms with Gasteiger partial charge in [0.2, 0.25) is 0 Å².